The van der Waals surface area contributed by atoms with Gasteiger partial charge in [-0.2, -0.15) is 0 Å². The number of aryl methyl sites for hydroxylation is 1. The molecule has 2 saturated carbocycles. The largest absolute Gasteiger partial charge is 0.453 e. The lowest BCUT2D eigenvalue weighted by atomic mass is 9.53. The van der Waals surface area contributed by atoms with E-state index in [0.29, 0.717) is 36.6 Å². The fourth-order valence-electron chi connectivity index (χ4n) is 7.87. The number of rotatable bonds is 6. The Hall–Kier alpha value is -2.87. The minimum absolute atomic E-state index is 0.0255. The highest BCUT2D eigenvalue weighted by atomic mass is 16.5. The standard InChI is InChI=1S/C28H37N5O3/c1-18-29-23-17-31(27(35)36-3)13-11-24(23)33(18)21-15-26-28(16-21)12-9-25(28)32(26)14-10-22(30-19(2)34)20-7-5-4-6-8-20/h4-8,21-22,25-26H,9-17H2,1-3H3,(H,30,34)/t21?,22-,25?,26?,28?/m0/s1. The third-order valence-corrected chi connectivity index (χ3v) is 9.40. The number of nitrogens with one attached hydrogen (secondary N) is 1. The van der Waals surface area contributed by atoms with Crippen molar-refractivity contribution in [3.05, 3.63) is 53.1 Å². The molecule has 1 saturated heterocycles. The number of hydrogen-bond acceptors (Lipinski definition) is 5. The van der Waals surface area contributed by atoms with E-state index in [2.05, 4.69) is 33.8 Å². The quantitative estimate of drug-likeness (QED) is 0.666. The zero-order valence-corrected chi connectivity index (χ0v) is 21.6. The highest BCUT2D eigenvalue weighted by Gasteiger charge is 2.69. The molecule has 0 radical (unpaired) electrons. The number of fused-ring (bicyclic) bond motifs is 1. The molecule has 3 fully saturated rings. The molecule has 5 atom stereocenters. The molecule has 8 heteroatoms. The number of amides is 2. The molecule has 1 aromatic heterocycles. The maximum atomic E-state index is 12.0. The summed E-state index contributed by atoms with van der Waals surface area (Å²) in [7, 11) is 1.44. The van der Waals surface area contributed by atoms with Gasteiger partial charge in [0, 0.05) is 55.7 Å². The van der Waals surface area contributed by atoms with Gasteiger partial charge in [0.1, 0.15) is 5.82 Å². The molecule has 2 aromatic rings. The third-order valence-electron chi connectivity index (χ3n) is 9.40. The number of aromatic nitrogens is 2. The highest BCUT2D eigenvalue weighted by molar-refractivity contribution is 5.73. The Kier molecular flexibility index (Phi) is 5.82. The van der Waals surface area contributed by atoms with Crippen molar-refractivity contribution >= 4 is 12.0 Å². The lowest BCUT2D eigenvalue weighted by molar-refractivity contribution is -0.188. The van der Waals surface area contributed by atoms with Crippen LogP contribution in [0, 0.1) is 12.3 Å². The molecular formula is C28H37N5O3. The molecule has 1 N–H and O–H groups in total. The number of hydrogen-bond donors (Lipinski definition) is 1. The van der Waals surface area contributed by atoms with Crippen LogP contribution in [-0.2, 0) is 22.5 Å². The van der Waals surface area contributed by atoms with Gasteiger partial charge in [-0.15, -0.1) is 0 Å². The zero-order chi connectivity index (χ0) is 25.0. The Morgan fingerprint density at radius 3 is 2.75 bits per heavy atom. The van der Waals surface area contributed by atoms with Gasteiger partial charge in [-0.25, -0.2) is 9.78 Å². The molecule has 3 heterocycles. The molecule has 4 unspecified atom stereocenters. The van der Waals surface area contributed by atoms with Gasteiger partial charge in [0.25, 0.3) is 0 Å². The van der Waals surface area contributed by atoms with E-state index in [1.807, 2.05) is 18.2 Å². The Labute approximate surface area is 213 Å². The van der Waals surface area contributed by atoms with Crippen LogP contribution in [0.1, 0.15) is 73.9 Å². The van der Waals surface area contributed by atoms with Gasteiger partial charge in [0.15, 0.2) is 0 Å². The monoisotopic (exact) mass is 491 g/mol. The molecule has 36 heavy (non-hydrogen) atoms. The van der Waals surface area contributed by atoms with Crippen molar-refractivity contribution < 1.29 is 14.3 Å². The second-order valence-electron chi connectivity index (χ2n) is 11.2. The van der Waals surface area contributed by atoms with E-state index in [1.165, 1.54) is 37.6 Å². The van der Waals surface area contributed by atoms with Crippen LogP contribution in [0.5, 0.6) is 0 Å². The van der Waals surface area contributed by atoms with Gasteiger partial charge in [0.2, 0.25) is 5.91 Å². The summed E-state index contributed by atoms with van der Waals surface area (Å²) in [6.45, 7) is 5.96. The first-order chi connectivity index (χ1) is 17.4. The Morgan fingerprint density at radius 1 is 1.25 bits per heavy atom. The van der Waals surface area contributed by atoms with E-state index in [9.17, 15) is 9.59 Å². The first-order valence-electron chi connectivity index (χ1n) is 13.4. The van der Waals surface area contributed by atoms with E-state index < -0.39 is 0 Å². The van der Waals surface area contributed by atoms with Crippen molar-refractivity contribution in [3.63, 3.8) is 0 Å². The van der Waals surface area contributed by atoms with Crippen LogP contribution < -0.4 is 5.32 Å². The van der Waals surface area contributed by atoms with Crippen LogP contribution in [-0.4, -0.2) is 63.6 Å². The summed E-state index contributed by atoms with van der Waals surface area (Å²) in [6.07, 6.45) is 6.51. The summed E-state index contributed by atoms with van der Waals surface area (Å²) in [5.74, 6) is 1.10. The molecule has 4 aliphatic rings. The molecule has 192 valence electrons. The SMILES string of the molecule is COC(=O)N1CCc2c(nc(C)n2C2CC3N(CC[C@H](NC(C)=O)c4ccccc4)C4CCC43C2)C1. The van der Waals surface area contributed by atoms with E-state index >= 15 is 0 Å². The fraction of sp³-hybridized carbons (Fsp3) is 0.607. The molecular weight excluding hydrogens is 454 g/mol. The lowest BCUT2D eigenvalue weighted by Crippen LogP contribution is -2.74. The number of piperidine rings is 1. The predicted octanol–water partition coefficient (Wildman–Crippen LogP) is 3.75. The molecule has 8 nitrogen and oxygen atoms in total. The topological polar surface area (TPSA) is 79.7 Å². The number of carbonyl (C=O) groups excluding carboxylic acids is 2. The molecule has 1 spiro atoms. The Bertz CT molecular complexity index is 1160. The van der Waals surface area contributed by atoms with E-state index in [1.54, 1.807) is 11.8 Å². The highest BCUT2D eigenvalue weighted by Crippen LogP contribution is 2.67. The number of benzene rings is 1. The third kappa shape index (κ3) is 3.64. The predicted molar refractivity (Wildman–Crippen MR) is 135 cm³/mol. The van der Waals surface area contributed by atoms with Gasteiger partial charge < -0.3 is 19.5 Å². The Balaban J connectivity index is 1.16. The average Bonchev–Trinajstić information content (AvgIpc) is 3.41. The summed E-state index contributed by atoms with van der Waals surface area (Å²) in [5.41, 5.74) is 3.98. The van der Waals surface area contributed by atoms with Gasteiger partial charge in [0.05, 0.1) is 25.4 Å². The summed E-state index contributed by atoms with van der Waals surface area (Å²) >= 11 is 0. The van der Waals surface area contributed by atoms with Gasteiger partial charge in [-0.1, -0.05) is 30.3 Å². The summed E-state index contributed by atoms with van der Waals surface area (Å²) in [5, 5.41) is 3.18. The van der Waals surface area contributed by atoms with Crippen LogP contribution in [0.15, 0.2) is 30.3 Å². The molecule has 2 aliphatic carbocycles. The van der Waals surface area contributed by atoms with Crippen molar-refractivity contribution in [1.82, 2.24) is 24.7 Å². The van der Waals surface area contributed by atoms with Gasteiger partial charge in [-0.05, 0) is 44.6 Å². The molecule has 6 rings (SSSR count). The summed E-state index contributed by atoms with van der Waals surface area (Å²) in [6, 6.07) is 12.2. The van der Waals surface area contributed by atoms with Crippen molar-refractivity contribution in [2.75, 3.05) is 20.2 Å². The maximum Gasteiger partial charge on any atom is 0.409 e. The second-order valence-corrected chi connectivity index (χ2v) is 11.2. The zero-order valence-electron chi connectivity index (χ0n) is 21.6. The smallest absolute Gasteiger partial charge is 0.409 e. The average molecular weight is 492 g/mol. The van der Waals surface area contributed by atoms with Crippen LogP contribution in [0.4, 0.5) is 4.79 Å². The number of imidazole rings is 1. The van der Waals surface area contributed by atoms with Crippen molar-refractivity contribution in [2.45, 2.75) is 83.1 Å². The fourth-order valence-corrected chi connectivity index (χ4v) is 7.87. The van der Waals surface area contributed by atoms with Crippen LogP contribution >= 0.6 is 0 Å². The lowest BCUT2D eigenvalue weighted by Gasteiger charge is -2.68. The van der Waals surface area contributed by atoms with Gasteiger partial charge >= 0.3 is 6.09 Å². The van der Waals surface area contributed by atoms with Crippen LogP contribution in [0.3, 0.4) is 0 Å². The first kappa shape index (κ1) is 23.5. The Morgan fingerprint density at radius 2 is 2.06 bits per heavy atom. The van der Waals surface area contributed by atoms with Crippen molar-refractivity contribution in [1.29, 1.82) is 0 Å². The van der Waals surface area contributed by atoms with Crippen LogP contribution in [0.25, 0.3) is 0 Å². The van der Waals surface area contributed by atoms with E-state index in [-0.39, 0.29) is 18.0 Å². The second kappa shape index (κ2) is 8.91. The summed E-state index contributed by atoms with van der Waals surface area (Å²) < 4.78 is 7.44. The van der Waals surface area contributed by atoms with E-state index in [0.717, 1.165) is 37.3 Å². The number of ether oxygens (including phenoxy) is 1. The normalized spacial score (nSPS) is 29.3. The van der Waals surface area contributed by atoms with E-state index in [4.69, 9.17) is 9.72 Å². The first-order valence-corrected chi connectivity index (χ1v) is 13.4. The molecule has 2 amide bonds. The van der Waals surface area contributed by atoms with Crippen molar-refractivity contribution in [3.8, 4) is 0 Å². The molecule has 2 aliphatic heterocycles. The maximum absolute atomic E-state index is 12.0. The van der Waals surface area contributed by atoms with Crippen molar-refractivity contribution in [2.24, 2.45) is 5.41 Å². The van der Waals surface area contributed by atoms with Crippen LogP contribution in [0.2, 0.25) is 0 Å². The molecule has 1 aromatic carbocycles. The minimum Gasteiger partial charge on any atom is -0.453 e. The number of carbonyl (C=O) groups is 2. The molecule has 0 bridgehead atoms. The minimum atomic E-state index is -0.272. The number of likely N-dealkylation sites (tertiary alicyclic amines) is 1. The number of nitrogens with zero attached hydrogens (tertiary/aromatic N) is 4. The van der Waals surface area contributed by atoms with Gasteiger partial charge in [-0.3, -0.25) is 9.69 Å². The number of methoxy groups -OCH3 is 1. The summed E-state index contributed by atoms with van der Waals surface area (Å²) in [4.78, 5) is 33.3.